The minimum atomic E-state index is -0.307. The van der Waals surface area contributed by atoms with E-state index in [1.54, 1.807) is 64.7 Å². The fourth-order valence-corrected chi connectivity index (χ4v) is 2.74. The molecular formula is C18H19BrN2O4. The van der Waals surface area contributed by atoms with Gasteiger partial charge < -0.3 is 14.2 Å². The summed E-state index contributed by atoms with van der Waals surface area (Å²) in [4.78, 5) is 12.2. The molecule has 2 rings (SSSR count). The van der Waals surface area contributed by atoms with Crippen LogP contribution in [0.15, 0.2) is 46.0 Å². The van der Waals surface area contributed by atoms with Gasteiger partial charge in [-0.05, 0) is 59.3 Å². The van der Waals surface area contributed by atoms with E-state index < -0.39 is 0 Å². The lowest BCUT2D eigenvalue weighted by atomic mass is 10.1. The molecule has 1 N–H and O–H groups in total. The summed E-state index contributed by atoms with van der Waals surface area (Å²) >= 11 is 3.48. The van der Waals surface area contributed by atoms with E-state index in [0.29, 0.717) is 28.5 Å². The number of rotatable bonds is 6. The van der Waals surface area contributed by atoms with Crippen molar-refractivity contribution in [2.75, 3.05) is 21.3 Å². The van der Waals surface area contributed by atoms with Gasteiger partial charge in [0.05, 0.1) is 27.0 Å². The summed E-state index contributed by atoms with van der Waals surface area (Å²) in [6.45, 7) is 1.79. The van der Waals surface area contributed by atoms with Crippen LogP contribution in [0, 0.1) is 0 Å². The summed E-state index contributed by atoms with van der Waals surface area (Å²) in [5, 5.41) is 4.16. The Balaban J connectivity index is 2.19. The molecule has 0 atom stereocenters. The van der Waals surface area contributed by atoms with Gasteiger partial charge in [0.15, 0.2) is 11.5 Å². The molecule has 1 amide bonds. The Morgan fingerprint density at radius 1 is 1.00 bits per heavy atom. The Kier molecular flexibility index (Phi) is 6.41. The van der Waals surface area contributed by atoms with Crippen molar-refractivity contribution in [3.63, 3.8) is 0 Å². The van der Waals surface area contributed by atoms with Crippen molar-refractivity contribution < 1.29 is 19.0 Å². The van der Waals surface area contributed by atoms with Gasteiger partial charge in [0.1, 0.15) is 5.75 Å². The molecule has 0 heterocycles. The molecule has 0 bridgehead atoms. The largest absolute Gasteiger partial charge is 0.497 e. The van der Waals surface area contributed by atoms with E-state index in [-0.39, 0.29) is 5.91 Å². The van der Waals surface area contributed by atoms with E-state index in [9.17, 15) is 4.79 Å². The van der Waals surface area contributed by atoms with Gasteiger partial charge in [-0.25, -0.2) is 5.43 Å². The summed E-state index contributed by atoms with van der Waals surface area (Å²) in [7, 11) is 4.71. The topological polar surface area (TPSA) is 69.2 Å². The predicted octanol–water partition coefficient (Wildman–Crippen LogP) is 3.63. The lowest BCUT2D eigenvalue weighted by Gasteiger charge is -2.12. The minimum absolute atomic E-state index is 0.307. The van der Waals surface area contributed by atoms with Gasteiger partial charge in [-0.3, -0.25) is 4.79 Å². The molecule has 0 aliphatic heterocycles. The van der Waals surface area contributed by atoms with Gasteiger partial charge >= 0.3 is 0 Å². The maximum atomic E-state index is 12.2. The third-order valence-corrected chi connectivity index (χ3v) is 4.20. The van der Waals surface area contributed by atoms with Crippen molar-refractivity contribution in [1.82, 2.24) is 5.43 Å². The number of hydrazone groups is 1. The third-order valence-electron chi connectivity index (χ3n) is 3.54. The van der Waals surface area contributed by atoms with Crippen LogP contribution < -0.4 is 19.6 Å². The van der Waals surface area contributed by atoms with Gasteiger partial charge in [-0.2, -0.15) is 5.10 Å². The van der Waals surface area contributed by atoms with E-state index in [1.165, 1.54) is 0 Å². The zero-order valence-corrected chi connectivity index (χ0v) is 16.0. The first-order valence-corrected chi connectivity index (χ1v) is 8.20. The highest BCUT2D eigenvalue weighted by Gasteiger charge is 2.12. The van der Waals surface area contributed by atoms with Crippen LogP contribution >= 0.6 is 15.9 Å². The van der Waals surface area contributed by atoms with Crippen molar-refractivity contribution in [1.29, 1.82) is 0 Å². The summed E-state index contributed by atoms with van der Waals surface area (Å²) in [5.74, 6) is 1.56. The van der Waals surface area contributed by atoms with Crippen LogP contribution in [-0.4, -0.2) is 32.9 Å². The van der Waals surface area contributed by atoms with Crippen molar-refractivity contribution >= 4 is 27.5 Å². The van der Waals surface area contributed by atoms with Crippen LogP contribution in [-0.2, 0) is 0 Å². The second-order valence-electron chi connectivity index (χ2n) is 5.05. The van der Waals surface area contributed by atoms with E-state index in [2.05, 4.69) is 26.5 Å². The number of benzene rings is 2. The van der Waals surface area contributed by atoms with E-state index in [1.807, 2.05) is 0 Å². The number of hydrogen-bond donors (Lipinski definition) is 1. The van der Waals surface area contributed by atoms with Gasteiger partial charge in [0, 0.05) is 15.6 Å². The molecular weight excluding hydrogens is 388 g/mol. The summed E-state index contributed by atoms with van der Waals surface area (Å²) in [6, 6.07) is 10.4. The Bertz CT molecular complexity index is 788. The molecule has 0 spiro atoms. The Hall–Kier alpha value is -2.54. The summed E-state index contributed by atoms with van der Waals surface area (Å²) in [6.07, 6.45) is 0. The Morgan fingerprint density at radius 3 is 2.16 bits per heavy atom. The zero-order chi connectivity index (χ0) is 18.4. The molecule has 0 aliphatic carbocycles. The number of nitrogens with one attached hydrogen (secondary N) is 1. The smallest absolute Gasteiger partial charge is 0.271 e. The maximum absolute atomic E-state index is 12.2. The Morgan fingerprint density at radius 2 is 1.60 bits per heavy atom. The number of amides is 1. The van der Waals surface area contributed by atoms with Crippen LogP contribution in [0.25, 0.3) is 0 Å². The van der Waals surface area contributed by atoms with E-state index in [0.717, 1.165) is 10.0 Å². The standard InChI is InChI=1S/C18H19BrN2O4/c1-11(14-9-16(24-3)17(25-4)10-15(14)19)20-21-18(22)12-5-7-13(23-2)8-6-12/h5-10H,1-4H3,(H,21,22). The first-order valence-electron chi connectivity index (χ1n) is 7.40. The van der Waals surface area contributed by atoms with E-state index in [4.69, 9.17) is 14.2 Å². The number of carbonyl (C=O) groups excluding carboxylic acids is 1. The molecule has 0 aliphatic rings. The molecule has 0 unspecified atom stereocenters. The normalized spacial score (nSPS) is 11.0. The summed E-state index contributed by atoms with van der Waals surface area (Å²) in [5.41, 5.74) is 4.44. The molecule has 25 heavy (non-hydrogen) atoms. The number of ether oxygens (including phenoxy) is 3. The molecule has 0 radical (unpaired) electrons. The molecule has 6 nitrogen and oxygen atoms in total. The molecule has 132 valence electrons. The van der Waals surface area contributed by atoms with Crippen LogP contribution in [0.3, 0.4) is 0 Å². The van der Waals surface area contributed by atoms with Crippen molar-refractivity contribution in [2.45, 2.75) is 6.92 Å². The quantitative estimate of drug-likeness (QED) is 0.587. The third kappa shape index (κ3) is 4.51. The predicted molar refractivity (Wildman–Crippen MR) is 99.9 cm³/mol. The van der Waals surface area contributed by atoms with Gasteiger partial charge in [-0.1, -0.05) is 0 Å². The average molecular weight is 407 g/mol. The van der Waals surface area contributed by atoms with Crippen LogP contribution in [0.2, 0.25) is 0 Å². The van der Waals surface area contributed by atoms with Crippen LogP contribution in [0.5, 0.6) is 17.2 Å². The number of halogens is 1. The lowest BCUT2D eigenvalue weighted by Crippen LogP contribution is -2.19. The van der Waals surface area contributed by atoms with Crippen molar-refractivity contribution in [2.24, 2.45) is 5.10 Å². The van der Waals surface area contributed by atoms with Crippen LogP contribution in [0.4, 0.5) is 0 Å². The van der Waals surface area contributed by atoms with Crippen molar-refractivity contribution in [3.8, 4) is 17.2 Å². The second-order valence-corrected chi connectivity index (χ2v) is 5.91. The summed E-state index contributed by atoms with van der Waals surface area (Å²) < 4.78 is 16.4. The SMILES string of the molecule is COc1ccc(C(=O)NN=C(C)c2cc(OC)c(OC)cc2Br)cc1. The molecule has 7 heteroatoms. The number of nitrogens with zero attached hydrogens (tertiary/aromatic N) is 1. The molecule has 0 saturated carbocycles. The highest BCUT2D eigenvalue weighted by atomic mass is 79.9. The van der Waals surface area contributed by atoms with Gasteiger partial charge in [-0.15, -0.1) is 0 Å². The monoisotopic (exact) mass is 406 g/mol. The van der Waals surface area contributed by atoms with Crippen LogP contribution in [0.1, 0.15) is 22.8 Å². The number of hydrogen-bond acceptors (Lipinski definition) is 5. The van der Waals surface area contributed by atoms with Gasteiger partial charge in [0.2, 0.25) is 0 Å². The fraction of sp³-hybridized carbons (Fsp3) is 0.222. The highest BCUT2D eigenvalue weighted by molar-refractivity contribution is 9.10. The number of carbonyl (C=O) groups is 1. The highest BCUT2D eigenvalue weighted by Crippen LogP contribution is 2.33. The first-order chi connectivity index (χ1) is 12.0. The first kappa shape index (κ1) is 18.8. The number of methoxy groups -OCH3 is 3. The molecule has 2 aromatic rings. The maximum Gasteiger partial charge on any atom is 0.271 e. The van der Waals surface area contributed by atoms with Crippen molar-refractivity contribution in [3.05, 3.63) is 52.0 Å². The van der Waals surface area contributed by atoms with Gasteiger partial charge in [0.25, 0.3) is 5.91 Å². The zero-order valence-electron chi connectivity index (χ0n) is 14.4. The minimum Gasteiger partial charge on any atom is -0.497 e. The van der Waals surface area contributed by atoms with E-state index >= 15 is 0 Å². The molecule has 2 aromatic carbocycles. The molecule has 0 aromatic heterocycles. The molecule has 0 saturated heterocycles. The lowest BCUT2D eigenvalue weighted by molar-refractivity contribution is 0.0955. The Labute approximate surface area is 154 Å². The molecule has 0 fully saturated rings. The average Bonchev–Trinajstić information content (AvgIpc) is 2.65. The second kappa shape index (κ2) is 8.53. The fourth-order valence-electron chi connectivity index (χ4n) is 2.13.